The van der Waals surface area contributed by atoms with Crippen LogP contribution in [0.4, 0.5) is 31.9 Å². The second-order valence-electron chi connectivity index (χ2n) is 9.30. The largest absolute Gasteiger partial charge is 0.383 e. The Labute approximate surface area is 211 Å². The Hall–Kier alpha value is -2.59. The maximum absolute atomic E-state index is 14.3. The van der Waals surface area contributed by atoms with Crippen LogP contribution in [0.2, 0.25) is 5.02 Å². The minimum absolute atomic E-state index is 0.00772. The first-order valence-corrected chi connectivity index (χ1v) is 13.0. The van der Waals surface area contributed by atoms with Crippen LogP contribution >= 0.6 is 23.4 Å². The van der Waals surface area contributed by atoms with Crippen LogP contribution in [0.5, 0.6) is 0 Å². The van der Waals surface area contributed by atoms with E-state index in [0.29, 0.717) is 16.8 Å². The molecule has 0 aliphatic carbocycles. The second kappa shape index (κ2) is 9.13. The number of nitrogens with one attached hydrogen (secondary N) is 2. The molecule has 2 aliphatic heterocycles. The van der Waals surface area contributed by atoms with Crippen LogP contribution in [0, 0.1) is 11.8 Å². The zero-order chi connectivity index (χ0) is 24.9. The number of aromatic nitrogens is 3. The molecule has 7 nitrogen and oxygen atoms in total. The third kappa shape index (κ3) is 4.31. The summed E-state index contributed by atoms with van der Waals surface area (Å²) in [6.07, 6.45) is 2.46. The molecule has 1 saturated heterocycles. The summed E-state index contributed by atoms with van der Waals surface area (Å²) in [4.78, 5) is 24.3. The second-order valence-corrected chi connectivity index (χ2v) is 10.8. The maximum Gasteiger partial charge on any atom is 0.266 e. The van der Waals surface area contributed by atoms with Crippen molar-refractivity contribution < 1.29 is 8.78 Å². The van der Waals surface area contributed by atoms with Gasteiger partial charge in [0, 0.05) is 49.6 Å². The number of benzene rings is 1. The Balaban J connectivity index is 1.49. The van der Waals surface area contributed by atoms with E-state index >= 15 is 0 Å². The van der Waals surface area contributed by atoms with E-state index in [1.165, 1.54) is 6.20 Å². The summed E-state index contributed by atoms with van der Waals surface area (Å²) in [5.74, 6) is -2.70. The molecule has 0 spiro atoms. The van der Waals surface area contributed by atoms with E-state index in [9.17, 15) is 13.6 Å². The standard InChI is InChI=1S/C24H27ClF2N6OS/c1-13-11-33(12-14(2)24(13,26)27)23-29-10-17(25)21(31-23)30-15-5-6-18-16(9-15)19-20(22(34)32(18)3)35-8-4-7-28-19/h5-6,9-10,13-14,28H,4,7-8,11-12H2,1-3H3,(H,29,30,31). The van der Waals surface area contributed by atoms with Gasteiger partial charge in [-0.15, -0.1) is 11.8 Å². The van der Waals surface area contributed by atoms with Gasteiger partial charge in [0.15, 0.2) is 5.82 Å². The number of alkyl halides is 2. The molecule has 5 rings (SSSR count). The number of anilines is 4. The third-order valence-corrected chi connectivity index (χ3v) is 8.24. The number of hydrogen-bond acceptors (Lipinski definition) is 7. The van der Waals surface area contributed by atoms with Gasteiger partial charge in [0.25, 0.3) is 11.5 Å². The molecule has 0 bridgehead atoms. The average Bonchev–Trinajstić information content (AvgIpc) is 3.09. The number of aryl methyl sites for hydroxylation is 1. The van der Waals surface area contributed by atoms with Crippen molar-refractivity contribution in [3.05, 3.63) is 39.8 Å². The van der Waals surface area contributed by atoms with Crippen molar-refractivity contribution in [2.75, 3.05) is 40.9 Å². The molecule has 186 valence electrons. The van der Waals surface area contributed by atoms with Gasteiger partial charge in [-0.2, -0.15) is 4.98 Å². The Morgan fingerprint density at radius 3 is 2.74 bits per heavy atom. The van der Waals surface area contributed by atoms with Crippen LogP contribution in [-0.2, 0) is 7.05 Å². The van der Waals surface area contributed by atoms with Crippen molar-refractivity contribution in [1.29, 1.82) is 0 Å². The van der Waals surface area contributed by atoms with Gasteiger partial charge in [0.05, 0.1) is 22.3 Å². The first-order valence-electron chi connectivity index (χ1n) is 11.6. The predicted molar refractivity (Wildman–Crippen MR) is 139 cm³/mol. The van der Waals surface area contributed by atoms with Gasteiger partial charge >= 0.3 is 0 Å². The van der Waals surface area contributed by atoms with Gasteiger partial charge in [-0.05, 0) is 30.4 Å². The molecule has 2 unspecified atom stereocenters. The van der Waals surface area contributed by atoms with Crippen molar-refractivity contribution in [2.24, 2.45) is 18.9 Å². The average molecular weight is 521 g/mol. The highest BCUT2D eigenvalue weighted by Crippen LogP contribution is 2.39. The van der Waals surface area contributed by atoms with Crippen molar-refractivity contribution in [3.8, 4) is 0 Å². The van der Waals surface area contributed by atoms with Crippen LogP contribution in [-0.4, -0.2) is 45.8 Å². The molecule has 4 heterocycles. The van der Waals surface area contributed by atoms with Crippen LogP contribution < -0.4 is 21.1 Å². The van der Waals surface area contributed by atoms with Crippen molar-refractivity contribution in [3.63, 3.8) is 0 Å². The van der Waals surface area contributed by atoms with Crippen LogP contribution in [0.3, 0.4) is 0 Å². The summed E-state index contributed by atoms with van der Waals surface area (Å²) >= 11 is 7.98. The zero-order valence-corrected chi connectivity index (χ0v) is 21.3. The third-order valence-electron chi connectivity index (χ3n) is 6.80. The summed E-state index contributed by atoms with van der Waals surface area (Å²) in [5, 5.41) is 7.93. The number of fused-ring (bicyclic) bond motifs is 3. The van der Waals surface area contributed by atoms with Gasteiger partial charge in [-0.1, -0.05) is 25.4 Å². The normalized spacial score (nSPS) is 21.8. The lowest BCUT2D eigenvalue weighted by molar-refractivity contribution is -0.105. The quantitative estimate of drug-likeness (QED) is 0.481. The molecule has 2 atom stereocenters. The maximum atomic E-state index is 14.3. The lowest BCUT2D eigenvalue weighted by Gasteiger charge is -2.41. The molecular formula is C24H27ClF2N6OS. The lowest BCUT2D eigenvalue weighted by atomic mass is 9.87. The number of piperidine rings is 1. The molecular weight excluding hydrogens is 494 g/mol. The number of pyridine rings is 1. The smallest absolute Gasteiger partial charge is 0.266 e. The Kier molecular flexibility index (Phi) is 6.29. The van der Waals surface area contributed by atoms with Crippen molar-refractivity contribution in [1.82, 2.24) is 14.5 Å². The SMILES string of the molecule is CC1CN(c2ncc(Cl)c(Nc3ccc4c(c3)c3c(c(=O)n4C)SCCCN3)n2)CC(C)C1(F)F. The number of thioether (sulfide) groups is 1. The van der Waals surface area contributed by atoms with Gasteiger partial charge in [0.2, 0.25) is 5.95 Å². The molecule has 2 aromatic heterocycles. The summed E-state index contributed by atoms with van der Waals surface area (Å²) < 4.78 is 30.3. The number of hydrogen-bond donors (Lipinski definition) is 2. The fraction of sp³-hybridized carbons (Fsp3) is 0.458. The molecule has 1 aromatic carbocycles. The number of nitrogens with zero attached hydrogens (tertiary/aromatic N) is 4. The lowest BCUT2D eigenvalue weighted by Crippen LogP contribution is -2.52. The van der Waals surface area contributed by atoms with E-state index in [1.807, 2.05) is 18.2 Å². The Morgan fingerprint density at radius 2 is 2.00 bits per heavy atom. The highest BCUT2D eigenvalue weighted by atomic mass is 35.5. The molecule has 0 saturated carbocycles. The molecule has 1 fully saturated rings. The topological polar surface area (TPSA) is 75.1 Å². The fourth-order valence-electron chi connectivity index (χ4n) is 4.73. The van der Waals surface area contributed by atoms with Crippen LogP contribution in [0.25, 0.3) is 10.9 Å². The summed E-state index contributed by atoms with van der Waals surface area (Å²) in [6.45, 7) is 4.23. The zero-order valence-electron chi connectivity index (χ0n) is 19.7. The first kappa shape index (κ1) is 24.1. The minimum Gasteiger partial charge on any atom is -0.383 e. The van der Waals surface area contributed by atoms with E-state index in [2.05, 4.69) is 20.6 Å². The molecule has 2 N–H and O–H groups in total. The van der Waals surface area contributed by atoms with Gasteiger partial charge in [-0.3, -0.25) is 4.79 Å². The van der Waals surface area contributed by atoms with Crippen LogP contribution in [0.15, 0.2) is 34.1 Å². The minimum atomic E-state index is -2.72. The van der Waals surface area contributed by atoms with E-state index < -0.39 is 17.8 Å². The summed E-state index contributed by atoms with van der Waals surface area (Å²) in [5.41, 5.74) is 2.40. The summed E-state index contributed by atoms with van der Waals surface area (Å²) in [7, 11) is 1.78. The fourth-order valence-corrected chi connectivity index (χ4v) is 5.95. The van der Waals surface area contributed by atoms with E-state index in [-0.39, 0.29) is 18.6 Å². The molecule has 2 aliphatic rings. The van der Waals surface area contributed by atoms with Gasteiger partial charge in [-0.25, -0.2) is 13.8 Å². The molecule has 3 aromatic rings. The molecule has 0 amide bonds. The van der Waals surface area contributed by atoms with Gasteiger partial charge < -0.3 is 20.1 Å². The molecule has 11 heteroatoms. The summed E-state index contributed by atoms with van der Waals surface area (Å²) in [6, 6.07) is 5.72. The highest BCUT2D eigenvalue weighted by Gasteiger charge is 2.47. The monoisotopic (exact) mass is 520 g/mol. The van der Waals surface area contributed by atoms with E-state index in [4.69, 9.17) is 11.6 Å². The highest BCUT2D eigenvalue weighted by molar-refractivity contribution is 7.99. The Bertz CT molecular complexity index is 1340. The van der Waals surface area contributed by atoms with Gasteiger partial charge in [0.1, 0.15) is 5.02 Å². The van der Waals surface area contributed by atoms with E-state index in [0.717, 1.165) is 45.9 Å². The van der Waals surface area contributed by atoms with Crippen molar-refractivity contribution in [2.45, 2.75) is 31.1 Å². The molecule has 0 radical (unpaired) electrons. The molecule has 35 heavy (non-hydrogen) atoms. The van der Waals surface area contributed by atoms with Crippen LogP contribution in [0.1, 0.15) is 20.3 Å². The van der Waals surface area contributed by atoms with Crippen molar-refractivity contribution >= 4 is 57.4 Å². The number of halogens is 3. The van der Waals surface area contributed by atoms with E-state index in [1.54, 1.807) is 42.1 Å². The first-order chi connectivity index (χ1) is 16.7. The number of rotatable bonds is 3. The predicted octanol–water partition coefficient (Wildman–Crippen LogP) is 5.36. The Morgan fingerprint density at radius 1 is 1.26 bits per heavy atom.